The lowest BCUT2D eigenvalue weighted by molar-refractivity contribution is 0.0636. The molecule has 0 radical (unpaired) electrons. The van der Waals surface area contributed by atoms with E-state index in [2.05, 4.69) is 10.6 Å². The molecule has 0 bridgehead atoms. The van der Waals surface area contributed by atoms with Crippen LogP contribution in [0.5, 0.6) is 5.75 Å². The predicted molar refractivity (Wildman–Crippen MR) is 86.8 cm³/mol. The molecule has 128 valence electrons. The Kier molecular flexibility index (Phi) is 7.18. The molecule has 0 fully saturated rings. The Hall–Kier alpha value is -2.44. The summed E-state index contributed by atoms with van der Waals surface area (Å²) in [7, 11) is 0. The Morgan fingerprint density at radius 3 is 2.57 bits per heavy atom. The minimum absolute atomic E-state index is 0.286. The lowest BCUT2D eigenvalue weighted by atomic mass is 10.2. The highest BCUT2D eigenvalue weighted by Gasteiger charge is 2.16. The van der Waals surface area contributed by atoms with Gasteiger partial charge in [0.2, 0.25) is 0 Å². The molecule has 7 heteroatoms. The van der Waals surface area contributed by atoms with E-state index in [-0.39, 0.29) is 6.61 Å². The summed E-state index contributed by atoms with van der Waals surface area (Å²) in [5.74, 6) is 0.573. The van der Waals surface area contributed by atoms with Crippen molar-refractivity contribution in [2.24, 2.45) is 0 Å². The van der Waals surface area contributed by atoms with Crippen LogP contribution in [-0.2, 0) is 9.47 Å². The molecule has 1 rings (SSSR count). The first-order valence-electron chi connectivity index (χ1n) is 7.43. The molecule has 1 aromatic carbocycles. The summed E-state index contributed by atoms with van der Waals surface area (Å²) >= 11 is 0. The maximum Gasteiger partial charge on any atom is 0.412 e. The monoisotopic (exact) mass is 324 g/mol. The van der Waals surface area contributed by atoms with Crippen molar-refractivity contribution in [1.29, 1.82) is 0 Å². The lowest BCUT2D eigenvalue weighted by Gasteiger charge is -2.19. The topological polar surface area (TPSA) is 85.9 Å². The molecule has 1 aromatic rings. The zero-order valence-electron chi connectivity index (χ0n) is 14.0. The van der Waals surface area contributed by atoms with Gasteiger partial charge in [-0.2, -0.15) is 0 Å². The Labute approximate surface area is 136 Å². The Morgan fingerprint density at radius 1 is 1.17 bits per heavy atom. The SMILES string of the molecule is CCOC(=O)NCCOc1cccc(NC(=O)OC(C)(C)C)c1. The van der Waals surface area contributed by atoms with Gasteiger partial charge in [0.25, 0.3) is 0 Å². The molecule has 0 aliphatic carbocycles. The number of hydrogen-bond acceptors (Lipinski definition) is 5. The Bertz CT molecular complexity index is 525. The molecular weight excluding hydrogens is 300 g/mol. The number of alkyl carbamates (subject to hydrolysis) is 1. The summed E-state index contributed by atoms with van der Waals surface area (Å²) < 4.78 is 15.4. The second-order valence-electron chi connectivity index (χ2n) is 5.65. The molecule has 0 aliphatic heterocycles. The fourth-order valence-corrected chi connectivity index (χ4v) is 1.59. The first-order chi connectivity index (χ1) is 10.8. The van der Waals surface area contributed by atoms with Gasteiger partial charge in [0.05, 0.1) is 13.2 Å². The van der Waals surface area contributed by atoms with E-state index < -0.39 is 17.8 Å². The van der Waals surface area contributed by atoms with Gasteiger partial charge in [0, 0.05) is 11.8 Å². The van der Waals surface area contributed by atoms with Crippen LogP contribution >= 0.6 is 0 Å². The van der Waals surface area contributed by atoms with E-state index >= 15 is 0 Å². The first kappa shape index (κ1) is 18.6. The largest absolute Gasteiger partial charge is 0.492 e. The molecule has 7 nitrogen and oxygen atoms in total. The fraction of sp³-hybridized carbons (Fsp3) is 0.500. The molecule has 2 amide bonds. The third kappa shape index (κ3) is 8.55. The van der Waals surface area contributed by atoms with Crippen molar-refractivity contribution in [2.75, 3.05) is 25.1 Å². The summed E-state index contributed by atoms with van der Waals surface area (Å²) in [4.78, 5) is 22.8. The van der Waals surface area contributed by atoms with Gasteiger partial charge in [-0.25, -0.2) is 9.59 Å². The van der Waals surface area contributed by atoms with Gasteiger partial charge < -0.3 is 19.5 Å². The zero-order valence-corrected chi connectivity index (χ0v) is 14.0. The number of rotatable bonds is 6. The lowest BCUT2D eigenvalue weighted by Crippen LogP contribution is -2.28. The number of benzene rings is 1. The zero-order chi connectivity index (χ0) is 17.3. The number of hydrogen-bond donors (Lipinski definition) is 2. The van der Waals surface area contributed by atoms with Gasteiger partial charge in [-0.1, -0.05) is 6.07 Å². The normalized spacial score (nSPS) is 10.6. The smallest absolute Gasteiger partial charge is 0.412 e. The summed E-state index contributed by atoms with van der Waals surface area (Å²) in [5.41, 5.74) is 0.00634. The van der Waals surface area contributed by atoms with Crippen LogP contribution < -0.4 is 15.4 Å². The van der Waals surface area contributed by atoms with Crippen molar-refractivity contribution < 1.29 is 23.8 Å². The molecule has 0 spiro atoms. The predicted octanol–water partition coefficient (Wildman–Crippen LogP) is 3.16. The van der Waals surface area contributed by atoms with E-state index in [9.17, 15) is 9.59 Å². The van der Waals surface area contributed by atoms with Crippen molar-refractivity contribution in [2.45, 2.75) is 33.3 Å². The van der Waals surface area contributed by atoms with Crippen molar-refractivity contribution in [3.05, 3.63) is 24.3 Å². The fourth-order valence-electron chi connectivity index (χ4n) is 1.59. The number of ether oxygens (including phenoxy) is 3. The molecule has 0 heterocycles. The van der Waals surface area contributed by atoms with Crippen molar-refractivity contribution in [3.8, 4) is 5.75 Å². The van der Waals surface area contributed by atoms with Crippen LogP contribution in [0, 0.1) is 0 Å². The van der Waals surface area contributed by atoms with E-state index in [1.807, 2.05) is 0 Å². The highest BCUT2D eigenvalue weighted by atomic mass is 16.6. The average molecular weight is 324 g/mol. The van der Waals surface area contributed by atoms with Crippen LogP contribution in [0.25, 0.3) is 0 Å². The maximum absolute atomic E-state index is 11.7. The van der Waals surface area contributed by atoms with E-state index in [0.29, 0.717) is 24.6 Å². The minimum Gasteiger partial charge on any atom is -0.492 e. The van der Waals surface area contributed by atoms with Gasteiger partial charge in [-0.15, -0.1) is 0 Å². The number of carbonyl (C=O) groups is 2. The summed E-state index contributed by atoms with van der Waals surface area (Å²) in [6.07, 6.45) is -1.00. The van der Waals surface area contributed by atoms with Crippen molar-refractivity contribution in [3.63, 3.8) is 0 Å². The number of anilines is 1. The summed E-state index contributed by atoms with van der Waals surface area (Å²) in [6, 6.07) is 6.91. The Balaban J connectivity index is 2.41. The van der Waals surface area contributed by atoms with E-state index in [4.69, 9.17) is 14.2 Å². The molecule has 0 saturated carbocycles. The van der Waals surface area contributed by atoms with Crippen molar-refractivity contribution >= 4 is 17.9 Å². The summed E-state index contributed by atoms with van der Waals surface area (Å²) in [6.45, 7) is 8.05. The maximum atomic E-state index is 11.7. The second-order valence-corrected chi connectivity index (χ2v) is 5.65. The number of amides is 2. The molecule has 0 aromatic heterocycles. The van der Waals surface area contributed by atoms with Crippen LogP contribution in [0.15, 0.2) is 24.3 Å². The third-order valence-corrected chi connectivity index (χ3v) is 2.39. The molecular formula is C16H24N2O5. The van der Waals surface area contributed by atoms with Crippen LogP contribution in [-0.4, -0.2) is 37.5 Å². The molecule has 2 N–H and O–H groups in total. The third-order valence-electron chi connectivity index (χ3n) is 2.39. The highest BCUT2D eigenvalue weighted by molar-refractivity contribution is 5.85. The van der Waals surface area contributed by atoms with Gasteiger partial charge in [0.15, 0.2) is 0 Å². The second kappa shape index (κ2) is 8.87. The summed E-state index contributed by atoms with van der Waals surface area (Å²) in [5, 5.41) is 5.18. The highest BCUT2D eigenvalue weighted by Crippen LogP contribution is 2.18. The first-order valence-corrected chi connectivity index (χ1v) is 7.43. The van der Waals surface area contributed by atoms with Crippen LogP contribution in [0.2, 0.25) is 0 Å². The molecule has 23 heavy (non-hydrogen) atoms. The van der Waals surface area contributed by atoms with E-state index in [1.54, 1.807) is 52.0 Å². The molecule has 0 saturated heterocycles. The van der Waals surface area contributed by atoms with Gasteiger partial charge in [-0.3, -0.25) is 5.32 Å². The van der Waals surface area contributed by atoms with Gasteiger partial charge >= 0.3 is 12.2 Å². The molecule has 0 atom stereocenters. The van der Waals surface area contributed by atoms with Crippen LogP contribution in [0.4, 0.5) is 15.3 Å². The van der Waals surface area contributed by atoms with Crippen LogP contribution in [0.1, 0.15) is 27.7 Å². The van der Waals surface area contributed by atoms with E-state index in [1.165, 1.54) is 0 Å². The standard InChI is InChI=1S/C16H24N2O5/c1-5-21-14(19)17-9-10-22-13-8-6-7-12(11-13)18-15(20)23-16(2,3)4/h6-8,11H,5,9-10H2,1-4H3,(H,17,19)(H,18,20). The number of carbonyl (C=O) groups excluding carboxylic acids is 2. The van der Waals surface area contributed by atoms with E-state index in [0.717, 1.165) is 0 Å². The molecule has 0 unspecified atom stereocenters. The minimum atomic E-state index is -0.559. The van der Waals surface area contributed by atoms with Crippen LogP contribution in [0.3, 0.4) is 0 Å². The Morgan fingerprint density at radius 2 is 1.91 bits per heavy atom. The molecule has 0 aliphatic rings. The quantitative estimate of drug-likeness (QED) is 0.785. The van der Waals surface area contributed by atoms with Crippen molar-refractivity contribution in [1.82, 2.24) is 5.32 Å². The van der Waals surface area contributed by atoms with Gasteiger partial charge in [0.1, 0.15) is 18.0 Å². The number of nitrogens with one attached hydrogen (secondary N) is 2. The van der Waals surface area contributed by atoms with Gasteiger partial charge in [-0.05, 0) is 39.8 Å². The average Bonchev–Trinajstić information content (AvgIpc) is 2.42.